The third-order valence-corrected chi connectivity index (χ3v) is 5.38. The monoisotopic (exact) mass is 364 g/mol. The van der Waals surface area contributed by atoms with Crippen molar-refractivity contribution in [3.05, 3.63) is 33.1 Å². The van der Waals surface area contributed by atoms with Crippen LogP contribution in [0.3, 0.4) is 0 Å². The summed E-state index contributed by atoms with van der Waals surface area (Å²) in [5.74, 6) is -3.91. The average molecular weight is 365 g/mol. The van der Waals surface area contributed by atoms with Crippen molar-refractivity contribution in [3.8, 4) is 0 Å². The maximum atomic E-state index is 13.8. The maximum absolute atomic E-state index is 13.8. The van der Waals surface area contributed by atoms with E-state index in [0.29, 0.717) is 0 Å². The minimum atomic E-state index is -1.26. The van der Waals surface area contributed by atoms with Crippen LogP contribution in [0.25, 0.3) is 0 Å². The lowest BCUT2D eigenvalue weighted by molar-refractivity contribution is -0.147. The van der Waals surface area contributed by atoms with E-state index in [1.807, 2.05) is 20.8 Å². The molecule has 21 heavy (non-hydrogen) atoms. The largest absolute Gasteiger partial charge is 0.460 e. The molecule has 0 heterocycles. The Kier molecular flexibility index (Phi) is 4.12. The Hall–Kier alpha value is -1.04. The Bertz CT molecular complexity index is 584. The van der Waals surface area contributed by atoms with Gasteiger partial charge >= 0.3 is 5.97 Å². The smallest absolute Gasteiger partial charge is 0.310 e. The summed E-state index contributed by atoms with van der Waals surface area (Å²) in [6.07, 6.45) is 0. The van der Waals surface area contributed by atoms with Crippen LogP contribution in [0.15, 0.2) is 4.47 Å². The molecule has 1 aromatic rings. The van der Waals surface area contributed by atoms with Crippen molar-refractivity contribution in [2.24, 2.45) is 17.3 Å². The van der Waals surface area contributed by atoms with Crippen LogP contribution in [-0.2, 0) is 16.1 Å². The van der Waals surface area contributed by atoms with Gasteiger partial charge in [0, 0.05) is 11.1 Å². The molecule has 116 valence electrons. The summed E-state index contributed by atoms with van der Waals surface area (Å²) < 4.78 is 45.9. The summed E-state index contributed by atoms with van der Waals surface area (Å²) in [5.41, 5.74) is -0.891. The SMILES string of the molecule is Cc1c(F)c(F)c(COC(=O)C2C(C)C2(C)C)c(Br)c1F. The van der Waals surface area contributed by atoms with Crippen LogP contribution < -0.4 is 0 Å². The number of rotatable bonds is 3. The molecule has 0 bridgehead atoms. The van der Waals surface area contributed by atoms with E-state index in [2.05, 4.69) is 15.9 Å². The van der Waals surface area contributed by atoms with E-state index in [1.165, 1.54) is 0 Å². The van der Waals surface area contributed by atoms with E-state index < -0.39 is 35.6 Å². The Morgan fingerprint density at radius 1 is 1.24 bits per heavy atom. The highest BCUT2D eigenvalue weighted by molar-refractivity contribution is 9.10. The molecular weight excluding hydrogens is 349 g/mol. The van der Waals surface area contributed by atoms with E-state index in [9.17, 15) is 18.0 Å². The molecule has 1 aliphatic carbocycles. The Morgan fingerprint density at radius 3 is 2.24 bits per heavy atom. The van der Waals surface area contributed by atoms with Crippen LogP contribution in [-0.4, -0.2) is 5.97 Å². The highest BCUT2D eigenvalue weighted by atomic mass is 79.9. The molecule has 0 radical (unpaired) electrons. The molecular formula is C15H16BrF3O2. The Balaban J connectivity index is 2.17. The Morgan fingerprint density at radius 2 is 1.76 bits per heavy atom. The first-order chi connectivity index (χ1) is 9.60. The highest BCUT2D eigenvalue weighted by Gasteiger charge is 2.59. The van der Waals surface area contributed by atoms with Crippen LogP contribution >= 0.6 is 15.9 Å². The van der Waals surface area contributed by atoms with Crippen molar-refractivity contribution in [1.82, 2.24) is 0 Å². The number of hydrogen-bond donors (Lipinski definition) is 0. The minimum Gasteiger partial charge on any atom is -0.460 e. The van der Waals surface area contributed by atoms with Crippen molar-refractivity contribution in [1.29, 1.82) is 0 Å². The molecule has 0 saturated heterocycles. The fraction of sp³-hybridized carbons (Fsp3) is 0.533. The van der Waals surface area contributed by atoms with Gasteiger partial charge in [-0.1, -0.05) is 20.8 Å². The number of esters is 1. The Labute approximate surface area is 129 Å². The van der Waals surface area contributed by atoms with Gasteiger partial charge in [0.15, 0.2) is 11.6 Å². The second-order valence-electron chi connectivity index (χ2n) is 6.05. The summed E-state index contributed by atoms with van der Waals surface area (Å²) in [5, 5.41) is 0. The molecule has 0 amide bonds. The number of halogens is 4. The molecule has 0 aromatic heterocycles. The summed E-state index contributed by atoms with van der Waals surface area (Å²) in [4.78, 5) is 11.9. The fourth-order valence-electron chi connectivity index (χ4n) is 2.55. The van der Waals surface area contributed by atoms with Gasteiger partial charge in [-0.3, -0.25) is 4.79 Å². The molecule has 1 aliphatic rings. The van der Waals surface area contributed by atoms with E-state index >= 15 is 0 Å². The number of carbonyl (C=O) groups is 1. The minimum absolute atomic E-state index is 0.156. The number of carbonyl (C=O) groups excluding carboxylic acids is 1. The van der Waals surface area contributed by atoms with Crippen LogP contribution in [0.2, 0.25) is 0 Å². The standard InChI is InChI=1S/C15H16BrF3O2/c1-6-11(17)10(16)8(13(19)12(6)18)5-21-14(20)9-7(2)15(9,3)4/h7,9H,5H2,1-4H3. The second kappa shape index (κ2) is 5.30. The van der Waals surface area contributed by atoms with Crippen molar-refractivity contribution in [2.45, 2.75) is 34.3 Å². The molecule has 1 aromatic carbocycles. The summed E-state index contributed by atoms with van der Waals surface area (Å²) in [6, 6.07) is 0. The summed E-state index contributed by atoms with van der Waals surface area (Å²) in [6.45, 7) is 6.44. The molecule has 6 heteroatoms. The molecule has 2 unspecified atom stereocenters. The zero-order chi connectivity index (χ0) is 16.1. The van der Waals surface area contributed by atoms with E-state index in [0.717, 1.165) is 6.92 Å². The predicted molar refractivity (Wildman–Crippen MR) is 75.0 cm³/mol. The van der Waals surface area contributed by atoms with Gasteiger partial charge in [0.05, 0.1) is 10.4 Å². The van der Waals surface area contributed by atoms with Crippen LogP contribution in [0.1, 0.15) is 31.9 Å². The number of benzene rings is 1. The second-order valence-corrected chi connectivity index (χ2v) is 6.85. The normalized spacial score (nSPS) is 23.0. The van der Waals surface area contributed by atoms with E-state index in [1.54, 1.807) is 0 Å². The maximum Gasteiger partial charge on any atom is 0.310 e. The molecule has 1 saturated carbocycles. The lowest BCUT2D eigenvalue weighted by Crippen LogP contribution is -2.13. The van der Waals surface area contributed by atoms with Gasteiger partial charge in [-0.05, 0) is 34.2 Å². The zero-order valence-electron chi connectivity index (χ0n) is 12.2. The van der Waals surface area contributed by atoms with Gasteiger partial charge < -0.3 is 4.74 Å². The average Bonchev–Trinajstić information content (AvgIpc) is 2.92. The first-order valence-electron chi connectivity index (χ1n) is 6.58. The zero-order valence-corrected chi connectivity index (χ0v) is 13.8. The third-order valence-electron chi connectivity index (χ3n) is 4.55. The van der Waals surface area contributed by atoms with Crippen LogP contribution in [0, 0.1) is 41.6 Å². The molecule has 1 fully saturated rings. The first-order valence-corrected chi connectivity index (χ1v) is 7.38. The van der Waals surface area contributed by atoms with Gasteiger partial charge in [-0.25, -0.2) is 13.2 Å². The van der Waals surface area contributed by atoms with Gasteiger partial charge in [-0.2, -0.15) is 0 Å². The topological polar surface area (TPSA) is 26.3 Å². The number of hydrogen-bond acceptors (Lipinski definition) is 2. The first kappa shape index (κ1) is 16.3. The molecule has 0 spiro atoms. The van der Waals surface area contributed by atoms with Crippen LogP contribution in [0.5, 0.6) is 0 Å². The van der Waals surface area contributed by atoms with Gasteiger partial charge in [-0.15, -0.1) is 0 Å². The molecule has 0 aliphatic heterocycles. The van der Waals surface area contributed by atoms with Crippen molar-refractivity contribution < 1.29 is 22.7 Å². The summed E-state index contributed by atoms with van der Waals surface area (Å²) >= 11 is 2.88. The van der Waals surface area contributed by atoms with Gasteiger partial charge in [0.1, 0.15) is 12.4 Å². The molecule has 2 atom stereocenters. The van der Waals surface area contributed by atoms with Crippen LogP contribution in [0.4, 0.5) is 13.2 Å². The number of ether oxygens (including phenoxy) is 1. The lowest BCUT2D eigenvalue weighted by Gasteiger charge is -2.12. The van der Waals surface area contributed by atoms with Crippen molar-refractivity contribution >= 4 is 21.9 Å². The summed E-state index contributed by atoms with van der Waals surface area (Å²) in [7, 11) is 0. The van der Waals surface area contributed by atoms with Crippen molar-refractivity contribution in [3.63, 3.8) is 0 Å². The van der Waals surface area contributed by atoms with Gasteiger partial charge in [0.2, 0.25) is 0 Å². The van der Waals surface area contributed by atoms with Gasteiger partial charge in [0.25, 0.3) is 0 Å². The molecule has 2 rings (SSSR count). The van der Waals surface area contributed by atoms with Crippen molar-refractivity contribution in [2.75, 3.05) is 0 Å². The van der Waals surface area contributed by atoms with E-state index in [-0.39, 0.29) is 27.3 Å². The lowest BCUT2D eigenvalue weighted by atomic mass is 10.1. The predicted octanol–water partition coefficient (Wildman–Crippen LogP) is 4.51. The van der Waals surface area contributed by atoms with E-state index in [4.69, 9.17) is 4.74 Å². The molecule has 2 nitrogen and oxygen atoms in total. The third kappa shape index (κ3) is 2.58. The molecule has 0 N–H and O–H groups in total. The quantitative estimate of drug-likeness (QED) is 0.582. The highest BCUT2D eigenvalue weighted by Crippen LogP contribution is 2.58. The fourth-order valence-corrected chi connectivity index (χ4v) is 3.13.